The predicted molar refractivity (Wildman–Crippen MR) is 83.2 cm³/mol. The van der Waals surface area contributed by atoms with E-state index in [1.165, 1.54) is 0 Å². The van der Waals surface area contributed by atoms with Gasteiger partial charge in [0.15, 0.2) is 0 Å². The van der Waals surface area contributed by atoms with Gasteiger partial charge in [0, 0.05) is 31.9 Å². The number of piperazine rings is 1. The number of carbonyl (C=O) groups excluding carboxylic acids is 2. The van der Waals surface area contributed by atoms with E-state index < -0.39 is 11.8 Å². The summed E-state index contributed by atoms with van der Waals surface area (Å²) in [6.45, 7) is 8.86. The molecule has 0 aliphatic carbocycles. The first-order valence-corrected chi connectivity index (χ1v) is 7.30. The van der Waals surface area contributed by atoms with Crippen LogP contribution < -0.4 is 10.6 Å². The fraction of sp³-hybridized carbons (Fsp3) is 0.500. The van der Waals surface area contributed by atoms with Crippen LogP contribution in [0.2, 0.25) is 0 Å². The van der Waals surface area contributed by atoms with Crippen molar-refractivity contribution >= 4 is 17.5 Å². The summed E-state index contributed by atoms with van der Waals surface area (Å²) in [6.07, 6.45) is 0. The third-order valence-electron chi connectivity index (χ3n) is 3.58. The summed E-state index contributed by atoms with van der Waals surface area (Å²) in [5, 5.41) is 5.93. The topological polar surface area (TPSA) is 61.4 Å². The Morgan fingerprint density at radius 3 is 2.38 bits per heavy atom. The Hall–Kier alpha value is -1.88. The molecule has 0 saturated carbocycles. The molecule has 1 heterocycles. The van der Waals surface area contributed by atoms with E-state index in [4.69, 9.17) is 0 Å². The highest BCUT2D eigenvalue weighted by atomic mass is 16.2. The summed E-state index contributed by atoms with van der Waals surface area (Å²) >= 11 is 0. The average Bonchev–Trinajstić information content (AvgIpc) is 2.47. The third kappa shape index (κ3) is 3.82. The van der Waals surface area contributed by atoms with Gasteiger partial charge in [0.05, 0.1) is 0 Å². The number of amides is 2. The zero-order valence-electron chi connectivity index (χ0n) is 12.9. The van der Waals surface area contributed by atoms with Crippen molar-refractivity contribution in [3.05, 3.63) is 29.8 Å². The fourth-order valence-corrected chi connectivity index (χ4v) is 2.43. The van der Waals surface area contributed by atoms with Crippen LogP contribution in [-0.4, -0.2) is 42.9 Å². The molecule has 1 saturated heterocycles. The van der Waals surface area contributed by atoms with Crippen molar-refractivity contribution in [2.45, 2.75) is 26.2 Å². The Labute approximate surface area is 125 Å². The molecule has 1 aliphatic heterocycles. The van der Waals surface area contributed by atoms with Gasteiger partial charge >= 0.3 is 11.8 Å². The standard InChI is InChI=1S/C16H23N3O2/c1-16(2,3)12-6-4-5-7-13(12)18-14(20)15(21)19-10-8-17-9-11-19/h4-7,17H,8-11H2,1-3H3,(H,18,20). The van der Waals surface area contributed by atoms with Gasteiger partial charge in [-0.15, -0.1) is 0 Å². The fourth-order valence-electron chi connectivity index (χ4n) is 2.43. The number of para-hydroxylation sites is 1. The van der Waals surface area contributed by atoms with Gasteiger partial charge in [-0.25, -0.2) is 0 Å². The lowest BCUT2D eigenvalue weighted by Crippen LogP contribution is -2.50. The molecule has 1 aromatic carbocycles. The highest BCUT2D eigenvalue weighted by Gasteiger charge is 2.25. The summed E-state index contributed by atoms with van der Waals surface area (Å²) < 4.78 is 0. The summed E-state index contributed by atoms with van der Waals surface area (Å²) in [7, 11) is 0. The quantitative estimate of drug-likeness (QED) is 0.767. The molecule has 0 spiro atoms. The molecule has 0 aromatic heterocycles. The van der Waals surface area contributed by atoms with Crippen molar-refractivity contribution in [2.75, 3.05) is 31.5 Å². The monoisotopic (exact) mass is 289 g/mol. The number of hydrogen-bond donors (Lipinski definition) is 2. The smallest absolute Gasteiger partial charge is 0.313 e. The number of nitrogens with zero attached hydrogens (tertiary/aromatic N) is 1. The lowest BCUT2D eigenvalue weighted by molar-refractivity contribution is -0.143. The van der Waals surface area contributed by atoms with E-state index in [1.807, 2.05) is 24.3 Å². The van der Waals surface area contributed by atoms with E-state index in [1.54, 1.807) is 4.90 Å². The van der Waals surface area contributed by atoms with Crippen LogP contribution >= 0.6 is 0 Å². The second-order valence-electron chi connectivity index (χ2n) is 6.29. The Morgan fingerprint density at radius 2 is 1.76 bits per heavy atom. The van der Waals surface area contributed by atoms with Crippen LogP contribution in [0.1, 0.15) is 26.3 Å². The summed E-state index contributed by atoms with van der Waals surface area (Å²) in [5.74, 6) is -1.02. The van der Waals surface area contributed by atoms with Gasteiger partial charge in [-0.2, -0.15) is 0 Å². The van der Waals surface area contributed by atoms with Gasteiger partial charge in [-0.3, -0.25) is 9.59 Å². The molecule has 2 amide bonds. The van der Waals surface area contributed by atoms with E-state index in [2.05, 4.69) is 31.4 Å². The van der Waals surface area contributed by atoms with Crippen molar-refractivity contribution in [3.63, 3.8) is 0 Å². The normalized spacial score (nSPS) is 15.7. The lowest BCUT2D eigenvalue weighted by atomic mass is 9.86. The van der Waals surface area contributed by atoms with Crippen molar-refractivity contribution in [1.29, 1.82) is 0 Å². The number of benzene rings is 1. The third-order valence-corrected chi connectivity index (χ3v) is 3.58. The highest BCUT2D eigenvalue weighted by molar-refractivity contribution is 6.39. The molecule has 21 heavy (non-hydrogen) atoms. The lowest BCUT2D eigenvalue weighted by Gasteiger charge is -2.27. The van der Waals surface area contributed by atoms with Crippen LogP contribution in [0.3, 0.4) is 0 Å². The van der Waals surface area contributed by atoms with Crippen LogP contribution in [0.5, 0.6) is 0 Å². The maximum Gasteiger partial charge on any atom is 0.313 e. The van der Waals surface area contributed by atoms with Crippen LogP contribution in [0.25, 0.3) is 0 Å². The molecule has 1 aliphatic rings. The Morgan fingerprint density at radius 1 is 1.14 bits per heavy atom. The average molecular weight is 289 g/mol. The largest absolute Gasteiger partial charge is 0.332 e. The molecular formula is C16H23N3O2. The second kappa shape index (κ2) is 6.26. The van der Waals surface area contributed by atoms with E-state index in [0.717, 1.165) is 18.7 Å². The first-order valence-electron chi connectivity index (χ1n) is 7.30. The summed E-state index contributed by atoms with van der Waals surface area (Å²) in [4.78, 5) is 25.9. The minimum atomic E-state index is -0.561. The van der Waals surface area contributed by atoms with E-state index in [9.17, 15) is 9.59 Å². The van der Waals surface area contributed by atoms with E-state index in [-0.39, 0.29) is 5.41 Å². The first-order chi connectivity index (χ1) is 9.89. The highest BCUT2D eigenvalue weighted by Crippen LogP contribution is 2.29. The van der Waals surface area contributed by atoms with E-state index in [0.29, 0.717) is 18.8 Å². The molecule has 0 unspecified atom stereocenters. The number of carbonyl (C=O) groups is 2. The molecule has 0 radical (unpaired) electrons. The number of anilines is 1. The molecule has 114 valence electrons. The van der Waals surface area contributed by atoms with E-state index >= 15 is 0 Å². The van der Waals surface area contributed by atoms with Crippen molar-refractivity contribution in [3.8, 4) is 0 Å². The Bertz CT molecular complexity index is 529. The zero-order valence-corrected chi connectivity index (χ0v) is 12.9. The maximum atomic E-state index is 12.2. The second-order valence-corrected chi connectivity index (χ2v) is 6.29. The number of nitrogens with one attached hydrogen (secondary N) is 2. The van der Waals surface area contributed by atoms with Gasteiger partial charge in [-0.05, 0) is 17.0 Å². The SMILES string of the molecule is CC(C)(C)c1ccccc1NC(=O)C(=O)N1CCNCC1. The van der Waals surface area contributed by atoms with Gasteiger partial charge in [0.25, 0.3) is 0 Å². The molecule has 1 fully saturated rings. The van der Waals surface area contributed by atoms with Gasteiger partial charge < -0.3 is 15.5 Å². The van der Waals surface area contributed by atoms with Crippen LogP contribution in [0.4, 0.5) is 5.69 Å². The first kappa shape index (κ1) is 15.5. The van der Waals surface area contributed by atoms with Crippen LogP contribution in [0.15, 0.2) is 24.3 Å². The molecule has 2 rings (SSSR count). The van der Waals surface area contributed by atoms with Gasteiger partial charge in [0.2, 0.25) is 0 Å². The number of hydrogen-bond acceptors (Lipinski definition) is 3. The maximum absolute atomic E-state index is 12.2. The Balaban J connectivity index is 2.11. The zero-order chi connectivity index (χ0) is 15.5. The molecular weight excluding hydrogens is 266 g/mol. The predicted octanol–water partition coefficient (Wildman–Crippen LogP) is 1.35. The molecule has 0 atom stereocenters. The van der Waals surface area contributed by atoms with Crippen LogP contribution in [-0.2, 0) is 15.0 Å². The van der Waals surface area contributed by atoms with Crippen molar-refractivity contribution in [2.24, 2.45) is 0 Å². The van der Waals surface area contributed by atoms with Crippen molar-refractivity contribution in [1.82, 2.24) is 10.2 Å². The molecule has 5 nitrogen and oxygen atoms in total. The molecule has 0 bridgehead atoms. The number of rotatable bonds is 1. The van der Waals surface area contributed by atoms with Crippen LogP contribution in [0, 0.1) is 0 Å². The molecule has 2 N–H and O–H groups in total. The van der Waals surface area contributed by atoms with Crippen molar-refractivity contribution < 1.29 is 9.59 Å². The molecule has 1 aromatic rings. The minimum Gasteiger partial charge on any atom is -0.332 e. The minimum absolute atomic E-state index is 0.0953. The van der Waals surface area contributed by atoms with Gasteiger partial charge in [0.1, 0.15) is 0 Å². The summed E-state index contributed by atoms with van der Waals surface area (Å²) in [6, 6.07) is 7.61. The summed E-state index contributed by atoms with van der Waals surface area (Å²) in [5.41, 5.74) is 1.63. The molecule has 5 heteroatoms. The van der Waals surface area contributed by atoms with Gasteiger partial charge in [-0.1, -0.05) is 39.0 Å². The Kier molecular flexibility index (Phi) is 4.63.